The van der Waals surface area contributed by atoms with Crippen molar-refractivity contribution in [3.8, 4) is 17.3 Å². The van der Waals surface area contributed by atoms with E-state index in [1.165, 1.54) is 37.8 Å². The van der Waals surface area contributed by atoms with Gasteiger partial charge in [0.2, 0.25) is 5.88 Å². The van der Waals surface area contributed by atoms with Gasteiger partial charge in [-0.05, 0) is 73.7 Å². The van der Waals surface area contributed by atoms with Gasteiger partial charge in [-0.3, -0.25) is 0 Å². The highest BCUT2D eigenvalue weighted by Crippen LogP contribution is 2.41. The fourth-order valence-electron chi connectivity index (χ4n) is 6.09. The molecule has 0 aliphatic carbocycles. The fourth-order valence-corrected chi connectivity index (χ4v) is 6.29. The minimum Gasteiger partial charge on any atom is -0.493 e. The van der Waals surface area contributed by atoms with Gasteiger partial charge in [-0.2, -0.15) is 0 Å². The molecule has 2 aromatic heterocycles. The maximum absolute atomic E-state index is 10.7. The Morgan fingerprint density at radius 3 is 2.68 bits per heavy atom. The summed E-state index contributed by atoms with van der Waals surface area (Å²) in [6.45, 7) is 6.85. The first-order chi connectivity index (χ1) is 18.3. The molecule has 2 aromatic carbocycles. The van der Waals surface area contributed by atoms with E-state index < -0.39 is 6.10 Å². The number of nitrogens with zero attached hydrogens (tertiary/aromatic N) is 4. The fraction of sp³-hybridized carbons (Fsp3) is 0.379. The third-order valence-corrected chi connectivity index (χ3v) is 8.30. The molecule has 0 radical (unpaired) electrons. The molecule has 6 rings (SSSR count). The third-order valence-electron chi connectivity index (χ3n) is 8.06. The quantitative estimate of drug-likeness (QED) is 0.278. The second-order valence-corrected chi connectivity index (χ2v) is 11.3. The first-order valence-electron chi connectivity index (χ1n) is 13.1. The number of aromatic hydroxyl groups is 1. The predicted octanol–water partition coefficient (Wildman–Crippen LogP) is 4.97. The molecule has 38 heavy (non-hydrogen) atoms. The Bertz CT molecular complexity index is 1470. The number of hydrogen-bond acceptors (Lipinski definition) is 7. The normalized spacial score (nSPS) is 18.1. The Morgan fingerprint density at radius 2 is 1.95 bits per heavy atom. The highest BCUT2D eigenvalue weighted by molar-refractivity contribution is 6.30. The molecular weight excluding hydrogens is 500 g/mol. The van der Waals surface area contributed by atoms with Crippen LogP contribution in [-0.2, 0) is 0 Å². The summed E-state index contributed by atoms with van der Waals surface area (Å²) >= 11 is 6.08. The number of imidazole rings is 1. The van der Waals surface area contributed by atoms with E-state index in [1.807, 2.05) is 12.1 Å². The zero-order chi connectivity index (χ0) is 26.4. The lowest BCUT2D eigenvalue weighted by Crippen LogP contribution is -2.58. The number of anilines is 2. The molecular formula is C29H33ClN6O2. The number of hydrogen-bond donors (Lipinski definition) is 4. The molecule has 0 bridgehead atoms. The van der Waals surface area contributed by atoms with Crippen LogP contribution in [0.1, 0.15) is 30.1 Å². The SMILES string of the molecule is Cc1cc(N2CCC3(CC2)CN(C)C3)cc2nc(-c3c(NC[C@H](O)c4cccc(Cl)c4)ccnc3O)[nH]c12. The van der Waals surface area contributed by atoms with E-state index in [-0.39, 0.29) is 12.4 Å². The number of nitrogens with one attached hydrogen (secondary N) is 2. The second kappa shape index (κ2) is 9.76. The average Bonchev–Trinajstić information content (AvgIpc) is 3.31. The van der Waals surface area contributed by atoms with Crippen LogP contribution in [0.5, 0.6) is 5.88 Å². The average molecular weight is 533 g/mol. The van der Waals surface area contributed by atoms with Gasteiger partial charge in [-0.25, -0.2) is 9.97 Å². The Labute approximate surface area is 227 Å². The van der Waals surface area contributed by atoms with Crippen LogP contribution in [0.15, 0.2) is 48.7 Å². The van der Waals surface area contributed by atoms with Crippen molar-refractivity contribution in [3.05, 3.63) is 64.8 Å². The van der Waals surface area contributed by atoms with Crippen LogP contribution in [0.2, 0.25) is 5.02 Å². The Morgan fingerprint density at radius 1 is 1.16 bits per heavy atom. The van der Waals surface area contributed by atoms with Crippen LogP contribution in [0.4, 0.5) is 11.4 Å². The molecule has 8 nitrogen and oxygen atoms in total. The maximum atomic E-state index is 10.7. The van der Waals surface area contributed by atoms with Gasteiger partial charge in [0.1, 0.15) is 11.4 Å². The van der Waals surface area contributed by atoms with Gasteiger partial charge < -0.3 is 30.3 Å². The van der Waals surface area contributed by atoms with E-state index in [0.29, 0.717) is 33.1 Å². The summed E-state index contributed by atoms with van der Waals surface area (Å²) in [6, 6.07) is 13.3. The lowest BCUT2D eigenvalue weighted by atomic mass is 9.72. The van der Waals surface area contributed by atoms with Crippen LogP contribution in [0, 0.1) is 12.3 Å². The summed E-state index contributed by atoms with van der Waals surface area (Å²) < 4.78 is 0. The molecule has 0 saturated carbocycles. The monoisotopic (exact) mass is 532 g/mol. The highest BCUT2D eigenvalue weighted by atomic mass is 35.5. The summed E-state index contributed by atoms with van der Waals surface area (Å²) in [5.41, 5.74) is 6.40. The van der Waals surface area contributed by atoms with Gasteiger partial charge in [0.15, 0.2) is 0 Å². The number of aliphatic hydroxyl groups excluding tert-OH is 1. The van der Waals surface area contributed by atoms with Crippen molar-refractivity contribution < 1.29 is 10.2 Å². The topological polar surface area (TPSA) is 101 Å². The van der Waals surface area contributed by atoms with Crippen LogP contribution < -0.4 is 10.2 Å². The number of aryl methyl sites for hydroxylation is 1. The van der Waals surface area contributed by atoms with Crippen molar-refractivity contribution in [2.24, 2.45) is 5.41 Å². The molecule has 1 spiro atoms. The standard InChI is InChI=1S/C29H33ClN6O2/c1-18-12-21(36-10-7-29(8-11-36)16-35(2)17-29)14-23-26(18)34-27(33-23)25-22(6-9-31-28(25)38)32-15-24(37)19-4-3-5-20(30)13-19/h3-6,9,12-14,24,37H,7-8,10-11,15-17H2,1-2H3,(H,33,34)(H2,31,32,38)/t24-/m0/s1. The summed E-state index contributed by atoms with van der Waals surface area (Å²) in [6.07, 6.45) is 3.20. The zero-order valence-corrected chi connectivity index (χ0v) is 22.5. The van der Waals surface area contributed by atoms with Gasteiger partial charge in [0, 0.05) is 49.6 Å². The van der Waals surface area contributed by atoms with Crippen molar-refractivity contribution in [2.45, 2.75) is 25.9 Å². The maximum Gasteiger partial charge on any atom is 0.224 e. The number of piperidine rings is 1. The van der Waals surface area contributed by atoms with Crippen molar-refractivity contribution in [1.29, 1.82) is 0 Å². The molecule has 0 unspecified atom stereocenters. The van der Waals surface area contributed by atoms with Crippen molar-refractivity contribution in [3.63, 3.8) is 0 Å². The number of pyridine rings is 1. The van der Waals surface area contributed by atoms with Gasteiger partial charge in [-0.1, -0.05) is 23.7 Å². The number of halogens is 1. The van der Waals surface area contributed by atoms with Crippen LogP contribution in [0.25, 0.3) is 22.4 Å². The van der Waals surface area contributed by atoms with E-state index in [9.17, 15) is 10.2 Å². The Hall–Kier alpha value is -3.33. The van der Waals surface area contributed by atoms with Crippen molar-refractivity contribution in [1.82, 2.24) is 19.9 Å². The smallest absolute Gasteiger partial charge is 0.224 e. The minimum absolute atomic E-state index is 0.129. The number of aliphatic hydroxyl groups is 1. The second-order valence-electron chi connectivity index (χ2n) is 10.9. The van der Waals surface area contributed by atoms with Crippen LogP contribution in [0.3, 0.4) is 0 Å². The largest absolute Gasteiger partial charge is 0.493 e. The van der Waals surface area contributed by atoms with E-state index in [2.05, 4.69) is 51.2 Å². The van der Waals surface area contributed by atoms with Gasteiger partial charge in [0.25, 0.3) is 0 Å². The number of benzene rings is 2. The lowest BCUT2D eigenvalue weighted by molar-refractivity contribution is 0.00132. The predicted molar refractivity (Wildman–Crippen MR) is 152 cm³/mol. The molecule has 2 aliphatic heterocycles. The first kappa shape index (κ1) is 25.0. The molecule has 2 fully saturated rings. The van der Waals surface area contributed by atoms with Crippen LogP contribution in [-0.4, -0.2) is 69.8 Å². The van der Waals surface area contributed by atoms with Gasteiger partial charge in [-0.15, -0.1) is 0 Å². The molecule has 2 aliphatic rings. The first-order valence-corrected chi connectivity index (χ1v) is 13.5. The van der Waals surface area contributed by atoms with E-state index in [0.717, 1.165) is 29.7 Å². The van der Waals surface area contributed by atoms with E-state index in [4.69, 9.17) is 16.6 Å². The molecule has 1 atom stereocenters. The molecule has 2 saturated heterocycles. The summed E-state index contributed by atoms with van der Waals surface area (Å²) in [4.78, 5) is 17.2. The van der Waals surface area contributed by atoms with Crippen LogP contribution >= 0.6 is 11.6 Å². The van der Waals surface area contributed by atoms with Crippen molar-refractivity contribution in [2.75, 3.05) is 50.0 Å². The molecule has 0 amide bonds. The Kier molecular flexibility index (Phi) is 6.42. The van der Waals surface area contributed by atoms with E-state index >= 15 is 0 Å². The zero-order valence-electron chi connectivity index (χ0n) is 21.7. The minimum atomic E-state index is -0.777. The molecule has 4 N–H and O–H groups in total. The van der Waals surface area contributed by atoms with E-state index in [1.54, 1.807) is 18.2 Å². The molecule has 4 aromatic rings. The summed E-state index contributed by atoms with van der Waals surface area (Å²) in [7, 11) is 2.20. The lowest BCUT2D eigenvalue weighted by Gasteiger charge is -2.53. The number of aromatic nitrogens is 3. The highest BCUT2D eigenvalue weighted by Gasteiger charge is 2.43. The number of fused-ring (bicyclic) bond motifs is 1. The van der Waals surface area contributed by atoms with Gasteiger partial charge in [0.05, 0.1) is 22.8 Å². The molecule has 4 heterocycles. The number of H-pyrrole nitrogens is 1. The van der Waals surface area contributed by atoms with Crippen molar-refractivity contribution >= 4 is 34.0 Å². The number of likely N-dealkylation sites (tertiary alicyclic amines) is 1. The van der Waals surface area contributed by atoms with Gasteiger partial charge >= 0.3 is 0 Å². The third kappa shape index (κ3) is 4.68. The number of rotatable bonds is 6. The molecule has 198 valence electrons. The summed E-state index contributed by atoms with van der Waals surface area (Å²) in [5.74, 6) is 0.400. The Balaban J connectivity index is 1.25. The molecule has 9 heteroatoms. The number of aromatic amines is 1. The summed E-state index contributed by atoms with van der Waals surface area (Å²) in [5, 5.41) is 25.2.